The van der Waals surface area contributed by atoms with E-state index < -0.39 is 11.9 Å². The van der Waals surface area contributed by atoms with Crippen LogP contribution in [0.5, 0.6) is 11.5 Å². The number of hydrogen-bond acceptors (Lipinski definition) is 6. The van der Waals surface area contributed by atoms with Gasteiger partial charge in [0.15, 0.2) is 18.1 Å². The van der Waals surface area contributed by atoms with E-state index >= 15 is 0 Å². The number of amides is 1. The molecule has 0 saturated carbocycles. The number of rotatable bonds is 11. The van der Waals surface area contributed by atoms with Crippen molar-refractivity contribution in [1.82, 2.24) is 5.32 Å². The second-order valence-corrected chi connectivity index (χ2v) is 6.32. The van der Waals surface area contributed by atoms with Crippen LogP contribution < -0.4 is 14.8 Å². The van der Waals surface area contributed by atoms with E-state index in [-0.39, 0.29) is 24.8 Å². The van der Waals surface area contributed by atoms with Crippen LogP contribution in [0.1, 0.15) is 38.8 Å². The SMILES string of the molecule is C=CCc1cc(/C=C(/C#N)C(=O)NC(C)C)cc(OCC)c1OCC(=O)OCC. The van der Waals surface area contributed by atoms with Crippen molar-refractivity contribution in [3.63, 3.8) is 0 Å². The predicted octanol–water partition coefficient (Wildman–Crippen LogP) is 3.19. The quantitative estimate of drug-likeness (QED) is 0.265. The van der Waals surface area contributed by atoms with Crippen molar-refractivity contribution in [3.05, 3.63) is 41.5 Å². The molecule has 0 aliphatic rings. The van der Waals surface area contributed by atoms with E-state index in [1.54, 1.807) is 25.1 Å². The van der Waals surface area contributed by atoms with Crippen LogP contribution in [0.25, 0.3) is 6.08 Å². The third-order valence-corrected chi connectivity index (χ3v) is 3.55. The van der Waals surface area contributed by atoms with Gasteiger partial charge >= 0.3 is 5.97 Å². The van der Waals surface area contributed by atoms with E-state index in [9.17, 15) is 14.9 Å². The van der Waals surface area contributed by atoms with Crippen LogP contribution >= 0.6 is 0 Å². The summed E-state index contributed by atoms with van der Waals surface area (Å²) in [4.78, 5) is 23.9. The van der Waals surface area contributed by atoms with Crippen molar-refractivity contribution >= 4 is 18.0 Å². The number of carbonyl (C=O) groups is 2. The summed E-state index contributed by atoms with van der Waals surface area (Å²) in [6, 6.07) is 5.27. The van der Waals surface area contributed by atoms with Gasteiger partial charge in [-0.15, -0.1) is 6.58 Å². The van der Waals surface area contributed by atoms with Crippen molar-refractivity contribution in [2.45, 2.75) is 40.2 Å². The zero-order valence-electron chi connectivity index (χ0n) is 17.4. The van der Waals surface area contributed by atoms with Gasteiger partial charge < -0.3 is 19.5 Å². The molecule has 29 heavy (non-hydrogen) atoms. The monoisotopic (exact) mass is 400 g/mol. The molecule has 0 fully saturated rings. The van der Waals surface area contributed by atoms with Crippen LogP contribution in [-0.4, -0.2) is 37.7 Å². The minimum Gasteiger partial charge on any atom is -0.490 e. The van der Waals surface area contributed by atoms with E-state index in [0.717, 1.165) is 0 Å². The highest BCUT2D eigenvalue weighted by molar-refractivity contribution is 6.01. The van der Waals surface area contributed by atoms with Crippen LogP contribution in [0.3, 0.4) is 0 Å². The molecule has 0 bridgehead atoms. The molecule has 1 aromatic carbocycles. The first-order valence-corrected chi connectivity index (χ1v) is 9.47. The lowest BCUT2D eigenvalue weighted by molar-refractivity contribution is -0.145. The molecule has 7 nitrogen and oxygen atoms in total. The average Bonchev–Trinajstić information content (AvgIpc) is 2.65. The molecule has 0 aliphatic heterocycles. The molecule has 0 saturated heterocycles. The van der Waals surface area contributed by atoms with E-state index in [1.165, 1.54) is 6.08 Å². The molecule has 0 spiro atoms. The second kappa shape index (κ2) is 12.2. The fraction of sp³-hybridized carbons (Fsp3) is 0.409. The van der Waals surface area contributed by atoms with E-state index in [0.29, 0.717) is 35.7 Å². The molecule has 1 rings (SSSR count). The lowest BCUT2D eigenvalue weighted by Crippen LogP contribution is -2.30. The first-order chi connectivity index (χ1) is 13.9. The molecule has 0 heterocycles. The zero-order valence-corrected chi connectivity index (χ0v) is 17.4. The molecule has 0 atom stereocenters. The largest absolute Gasteiger partial charge is 0.490 e. The molecule has 0 aromatic heterocycles. The van der Waals surface area contributed by atoms with Gasteiger partial charge in [-0.1, -0.05) is 6.08 Å². The average molecular weight is 400 g/mol. The summed E-state index contributed by atoms with van der Waals surface area (Å²) >= 11 is 0. The highest BCUT2D eigenvalue weighted by Crippen LogP contribution is 2.34. The molecule has 0 aliphatic carbocycles. The molecular formula is C22H28N2O5. The van der Waals surface area contributed by atoms with E-state index in [1.807, 2.05) is 26.8 Å². The summed E-state index contributed by atoms with van der Waals surface area (Å²) in [6.45, 7) is 11.3. The Balaban J connectivity index is 3.35. The lowest BCUT2D eigenvalue weighted by Gasteiger charge is -2.16. The van der Waals surface area contributed by atoms with Crippen LogP contribution in [0, 0.1) is 11.3 Å². The normalized spacial score (nSPS) is 10.8. The van der Waals surface area contributed by atoms with Gasteiger partial charge in [-0.2, -0.15) is 5.26 Å². The highest BCUT2D eigenvalue weighted by atomic mass is 16.6. The molecule has 156 valence electrons. The number of nitrogens with one attached hydrogen (secondary N) is 1. The summed E-state index contributed by atoms with van der Waals surface area (Å²) in [5.41, 5.74) is 1.29. The summed E-state index contributed by atoms with van der Waals surface area (Å²) in [6.07, 6.45) is 3.62. The van der Waals surface area contributed by atoms with Gasteiger partial charge in [-0.05, 0) is 57.9 Å². The minimum atomic E-state index is -0.486. The van der Waals surface area contributed by atoms with Crippen molar-refractivity contribution in [2.75, 3.05) is 19.8 Å². The van der Waals surface area contributed by atoms with Gasteiger partial charge in [0.2, 0.25) is 0 Å². The Bertz CT molecular complexity index is 806. The molecule has 7 heteroatoms. The van der Waals surface area contributed by atoms with Gasteiger partial charge in [0.1, 0.15) is 11.6 Å². The number of hydrogen-bond donors (Lipinski definition) is 1. The number of carbonyl (C=O) groups excluding carboxylic acids is 2. The topological polar surface area (TPSA) is 97.7 Å². The maximum Gasteiger partial charge on any atom is 0.344 e. The van der Waals surface area contributed by atoms with Gasteiger partial charge in [0, 0.05) is 11.6 Å². The standard InChI is InChI=1S/C22H28N2O5/c1-6-9-17-10-16(11-18(13-23)22(26)24-15(4)5)12-19(27-7-2)21(17)29-14-20(25)28-8-3/h6,10-12,15H,1,7-9,14H2,2-5H3,(H,24,26)/b18-11-. The molecule has 1 N–H and O–H groups in total. The molecule has 1 aromatic rings. The summed E-state index contributed by atoms with van der Waals surface area (Å²) in [5, 5.41) is 12.1. The van der Waals surface area contributed by atoms with E-state index in [2.05, 4.69) is 11.9 Å². The predicted molar refractivity (Wildman–Crippen MR) is 111 cm³/mol. The Morgan fingerprint density at radius 1 is 1.24 bits per heavy atom. The number of nitrogens with zero attached hydrogens (tertiary/aromatic N) is 1. The van der Waals surface area contributed by atoms with E-state index in [4.69, 9.17) is 14.2 Å². The van der Waals surface area contributed by atoms with Crippen molar-refractivity contribution in [1.29, 1.82) is 5.26 Å². The lowest BCUT2D eigenvalue weighted by atomic mass is 10.0. The Hall–Kier alpha value is -3.27. The van der Waals surface area contributed by atoms with Gasteiger partial charge in [-0.25, -0.2) is 4.79 Å². The van der Waals surface area contributed by atoms with Crippen molar-refractivity contribution in [2.24, 2.45) is 0 Å². The Labute approximate surface area is 171 Å². The van der Waals surface area contributed by atoms with Gasteiger partial charge in [-0.3, -0.25) is 4.79 Å². The maximum absolute atomic E-state index is 12.2. The highest BCUT2D eigenvalue weighted by Gasteiger charge is 2.16. The van der Waals surface area contributed by atoms with Crippen LogP contribution in [0.2, 0.25) is 0 Å². The third kappa shape index (κ3) is 7.70. The molecule has 0 unspecified atom stereocenters. The summed E-state index contributed by atoms with van der Waals surface area (Å²) in [5.74, 6) is -0.125. The fourth-order valence-electron chi connectivity index (χ4n) is 2.49. The van der Waals surface area contributed by atoms with Crippen LogP contribution in [0.15, 0.2) is 30.4 Å². The fourth-order valence-corrected chi connectivity index (χ4v) is 2.49. The van der Waals surface area contributed by atoms with Crippen molar-refractivity contribution in [3.8, 4) is 17.6 Å². The van der Waals surface area contributed by atoms with Gasteiger partial charge in [0.25, 0.3) is 5.91 Å². The minimum absolute atomic E-state index is 0.0223. The number of benzene rings is 1. The third-order valence-electron chi connectivity index (χ3n) is 3.55. The first kappa shape index (κ1) is 23.8. The molecule has 1 amide bonds. The van der Waals surface area contributed by atoms with Gasteiger partial charge in [0.05, 0.1) is 13.2 Å². The second-order valence-electron chi connectivity index (χ2n) is 6.32. The number of ether oxygens (including phenoxy) is 3. The summed E-state index contributed by atoms with van der Waals surface area (Å²) in [7, 11) is 0. The van der Waals surface area contributed by atoms with Crippen LogP contribution in [0.4, 0.5) is 0 Å². The first-order valence-electron chi connectivity index (χ1n) is 9.47. The number of esters is 1. The van der Waals surface area contributed by atoms with Crippen molar-refractivity contribution < 1.29 is 23.8 Å². The maximum atomic E-state index is 12.2. The zero-order chi connectivity index (χ0) is 21.8. The number of allylic oxidation sites excluding steroid dienone is 1. The Morgan fingerprint density at radius 3 is 2.52 bits per heavy atom. The molecular weight excluding hydrogens is 372 g/mol. The summed E-state index contributed by atoms with van der Waals surface area (Å²) < 4.78 is 16.2. The smallest absolute Gasteiger partial charge is 0.344 e. The van der Waals surface area contributed by atoms with Crippen LogP contribution in [-0.2, 0) is 20.7 Å². The molecule has 0 radical (unpaired) electrons. The Kier molecular flexibility index (Phi) is 10.0. The number of nitriles is 1. The Morgan fingerprint density at radius 2 is 1.97 bits per heavy atom.